The molecular formula is C18H22N2O3S. The van der Waals surface area contributed by atoms with E-state index in [1.807, 2.05) is 35.9 Å². The Labute approximate surface area is 146 Å². The fourth-order valence-corrected chi connectivity index (χ4v) is 3.03. The number of benzene rings is 1. The SMILES string of the molecule is CCN(CC(=O)Nc1ccccc1OC)C(=O)CCc1ccsc1. The van der Waals surface area contributed by atoms with E-state index in [0.29, 0.717) is 30.8 Å². The zero-order valence-corrected chi connectivity index (χ0v) is 14.8. The van der Waals surface area contributed by atoms with Crippen LogP contribution in [0.2, 0.25) is 0 Å². The molecule has 0 aliphatic rings. The van der Waals surface area contributed by atoms with Crippen LogP contribution in [0.1, 0.15) is 18.9 Å². The number of likely N-dealkylation sites (N-methyl/N-ethyl adjacent to an activating group) is 1. The van der Waals surface area contributed by atoms with Gasteiger partial charge in [-0.15, -0.1) is 0 Å². The van der Waals surface area contributed by atoms with Crippen LogP contribution in [0, 0.1) is 0 Å². The Morgan fingerprint density at radius 1 is 1.25 bits per heavy atom. The first-order valence-electron chi connectivity index (χ1n) is 7.85. The monoisotopic (exact) mass is 346 g/mol. The number of thiophene rings is 1. The van der Waals surface area contributed by atoms with Crippen LogP contribution < -0.4 is 10.1 Å². The van der Waals surface area contributed by atoms with Gasteiger partial charge in [0.25, 0.3) is 0 Å². The number of aryl methyl sites for hydroxylation is 1. The Balaban J connectivity index is 1.88. The molecule has 2 aromatic rings. The molecule has 0 saturated carbocycles. The molecular weight excluding hydrogens is 324 g/mol. The van der Waals surface area contributed by atoms with Gasteiger partial charge in [-0.05, 0) is 47.9 Å². The molecule has 2 rings (SSSR count). The maximum Gasteiger partial charge on any atom is 0.244 e. The molecule has 6 heteroatoms. The normalized spacial score (nSPS) is 10.2. The van der Waals surface area contributed by atoms with E-state index in [1.54, 1.807) is 35.5 Å². The van der Waals surface area contributed by atoms with Crippen molar-refractivity contribution in [2.45, 2.75) is 19.8 Å². The van der Waals surface area contributed by atoms with Crippen LogP contribution in [0.3, 0.4) is 0 Å². The molecule has 0 saturated heterocycles. The predicted octanol–water partition coefficient (Wildman–Crippen LogP) is 3.18. The summed E-state index contributed by atoms with van der Waals surface area (Å²) in [5, 5.41) is 6.83. The third kappa shape index (κ3) is 5.09. The molecule has 1 aromatic heterocycles. The molecule has 0 spiro atoms. The number of hydrogen-bond donors (Lipinski definition) is 1. The van der Waals surface area contributed by atoms with Crippen molar-refractivity contribution in [2.24, 2.45) is 0 Å². The summed E-state index contributed by atoms with van der Waals surface area (Å²) in [5.41, 5.74) is 1.76. The maximum atomic E-state index is 12.3. The van der Waals surface area contributed by atoms with Crippen molar-refractivity contribution < 1.29 is 14.3 Å². The van der Waals surface area contributed by atoms with Crippen molar-refractivity contribution in [3.8, 4) is 5.75 Å². The van der Waals surface area contributed by atoms with E-state index in [0.717, 1.165) is 5.56 Å². The summed E-state index contributed by atoms with van der Waals surface area (Å²) in [5.74, 6) is 0.349. The maximum absolute atomic E-state index is 12.3. The summed E-state index contributed by atoms with van der Waals surface area (Å²) in [6.45, 7) is 2.41. The minimum atomic E-state index is -0.231. The third-order valence-electron chi connectivity index (χ3n) is 3.66. The largest absolute Gasteiger partial charge is 0.495 e. The topological polar surface area (TPSA) is 58.6 Å². The average Bonchev–Trinajstić information content (AvgIpc) is 3.11. The summed E-state index contributed by atoms with van der Waals surface area (Å²) in [4.78, 5) is 26.1. The molecule has 0 radical (unpaired) electrons. The molecule has 128 valence electrons. The highest BCUT2D eigenvalue weighted by Gasteiger charge is 2.16. The number of carbonyl (C=O) groups excluding carboxylic acids is 2. The second-order valence-electron chi connectivity index (χ2n) is 5.29. The Kier molecular flexibility index (Phi) is 6.81. The van der Waals surface area contributed by atoms with E-state index in [9.17, 15) is 9.59 Å². The Morgan fingerprint density at radius 2 is 2.04 bits per heavy atom. The van der Waals surface area contributed by atoms with E-state index in [2.05, 4.69) is 5.32 Å². The fourth-order valence-electron chi connectivity index (χ4n) is 2.33. The number of rotatable bonds is 8. The van der Waals surface area contributed by atoms with Gasteiger partial charge >= 0.3 is 0 Å². The molecule has 2 amide bonds. The van der Waals surface area contributed by atoms with Crippen LogP contribution in [0.15, 0.2) is 41.1 Å². The first-order valence-corrected chi connectivity index (χ1v) is 8.80. The standard InChI is InChI=1S/C18H22N2O3S/c1-3-20(18(22)9-8-14-10-11-24-13-14)12-17(21)19-15-6-4-5-7-16(15)23-2/h4-7,10-11,13H,3,8-9,12H2,1-2H3,(H,19,21). The minimum absolute atomic E-state index is 0.0149. The van der Waals surface area contributed by atoms with Gasteiger partial charge in [0.05, 0.1) is 19.3 Å². The van der Waals surface area contributed by atoms with Crippen molar-refractivity contribution >= 4 is 28.8 Å². The van der Waals surface area contributed by atoms with Crippen molar-refractivity contribution in [3.05, 3.63) is 46.7 Å². The molecule has 1 heterocycles. The lowest BCUT2D eigenvalue weighted by Crippen LogP contribution is -2.38. The molecule has 5 nitrogen and oxygen atoms in total. The fraction of sp³-hybridized carbons (Fsp3) is 0.333. The zero-order chi connectivity index (χ0) is 17.4. The van der Waals surface area contributed by atoms with Gasteiger partial charge in [-0.25, -0.2) is 0 Å². The van der Waals surface area contributed by atoms with Gasteiger partial charge in [-0.2, -0.15) is 11.3 Å². The summed E-state index contributed by atoms with van der Waals surface area (Å²) in [7, 11) is 1.55. The smallest absolute Gasteiger partial charge is 0.244 e. The number of nitrogens with one attached hydrogen (secondary N) is 1. The number of anilines is 1. The second-order valence-corrected chi connectivity index (χ2v) is 6.07. The van der Waals surface area contributed by atoms with Crippen LogP contribution in [0.4, 0.5) is 5.69 Å². The van der Waals surface area contributed by atoms with E-state index in [4.69, 9.17) is 4.74 Å². The van der Waals surface area contributed by atoms with Gasteiger partial charge in [-0.3, -0.25) is 9.59 Å². The lowest BCUT2D eigenvalue weighted by molar-refractivity contribution is -0.134. The molecule has 24 heavy (non-hydrogen) atoms. The number of carbonyl (C=O) groups is 2. The summed E-state index contributed by atoms with van der Waals surface area (Å²) >= 11 is 1.62. The van der Waals surface area contributed by atoms with Gasteiger partial charge in [0, 0.05) is 13.0 Å². The Bertz CT molecular complexity index is 671. The molecule has 0 unspecified atom stereocenters. The minimum Gasteiger partial charge on any atom is -0.495 e. The van der Waals surface area contributed by atoms with Crippen molar-refractivity contribution in [2.75, 3.05) is 25.5 Å². The summed E-state index contributed by atoms with van der Waals surface area (Å²) in [6, 6.07) is 9.22. The molecule has 0 atom stereocenters. The lowest BCUT2D eigenvalue weighted by atomic mass is 10.2. The Hall–Kier alpha value is -2.34. The van der Waals surface area contributed by atoms with Crippen molar-refractivity contribution in [1.29, 1.82) is 0 Å². The van der Waals surface area contributed by atoms with Gasteiger partial charge < -0.3 is 15.0 Å². The van der Waals surface area contributed by atoms with Crippen LogP contribution in [0.25, 0.3) is 0 Å². The average molecular weight is 346 g/mol. The highest BCUT2D eigenvalue weighted by molar-refractivity contribution is 7.07. The number of hydrogen-bond acceptors (Lipinski definition) is 4. The summed E-state index contributed by atoms with van der Waals surface area (Å²) < 4.78 is 5.21. The van der Waals surface area contributed by atoms with Crippen molar-refractivity contribution in [1.82, 2.24) is 4.90 Å². The molecule has 0 aliphatic heterocycles. The number of para-hydroxylation sites is 2. The first-order chi connectivity index (χ1) is 11.6. The van der Waals surface area contributed by atoms with Crippen LogP contribution in [-0.4, -0.2) is 36.9 Å². The van der Waals surface area contributed by atoms with Crippen LogP contribution in [0.5, 0.6) is 5.75 Å². The highest BCUT2D eigenvalue weighted by atomic mass is 32.1. The summed E-state index contributed by atoms with van der Waals surface area (Å²) in [6.07, 6.45) is 1.11. The van der Waals surface area contributed by atoms with Gasteiger partial charge in [0.2, 0.25) is 11.8 Å². The number of nitrogens with zero attached hydrogens (tertiary/aromatic N) is 1. The molecule has 1 aromatic carbocycles. The zero-order valence-electron chi connectivity index (χ0n) is 14.0. The second kappa shape index (κ2) is 9.08. The van der Waals surface area contributed by atoms with E-state index < -0.39 is 0 Å². The van der Waals surface area contributed by atoms with E-state index in [1.165, 1.54) is 0 Å². The van der Waals surface area contributed by atoms with Crippen LogP contribution in [-0.2, 0) is 16.0 Å². The van der Waals surface area contributed by atoms with Crippen molar-refractivity contribution in [3.63, 3.8) is 0 Å². The number of amides is 2. The molecule has 0 fully saturated rings. The van der Waals surface area contributed by atoms with Gasteiger partial charge in [-0.1, -0.05) is 12.1 Å². The Morgan fingerprint density at radius 3 is 2.71 bits per heavy atom. The van der Waals surface area contributed by atoms with Gasteiger partial charge in [0.15, 0.2) is 0 Å². The highest BCUT2D eigenvalue weighted by Crippen LogP contribution is 2.22. The molecule has 0 bridgehead atoms. The molecule has 0 aliphatic carbocycles. The van der Waals surface area contributed by atoms with Gasteiger partial charge in [0.1, 0.15) is 5.75 Å². The van der Waals surface area contributed by atoms with Crippen LogP contribution >= 0.6 is 11.3 Å². The number of methoxy groups -OCH3 is 1. The first kappa shape index (κ1) is 18.0. The quantitative estimate of drug-likeness (QED) is 0.799. The third-order valence-corrected chi connectivity index (χ3v) is 4.39. The predicted molar refractivity (Wildman–Crippen MR) is 96.5 cm³/mol. The van der Waals surface area contributed by atoms with E-state index >= 15 is 0 Å². The molecule has 1 N–H and O–H groups in total. The lowest BCUT2D eigenvalue weighted by Gasteiger charge is -2.20. The number of ether oxygens (including phenoxy) is 1. The van der Waals surface area contributed by atoms with E-state index in [-0.39, 0.29) is 18.4 Å².